The average Bonchev–Trinajstić information content (AvgIpc) is 3.10. The lowest BCUT2D eigenvalue weighted by atomic mass is 10.3. The summed E-state index contributed by atoms with van der Waals surface area (Å²) < 4.78 is 6.60. The van der Waals surface area contributed by atoms with Crippen LogP contribution in [0.2, 0.25) is 0 Å². The molecule has 3 aromatic rings. The summed E-state index contributed by atoms with van der Waals surface area (Å²) in [6.07, 6.45) is 2.29. The van der Waals surface area contributed by atoms with E-state index in [2.05, 4.69) is 4.98 Å². The zero-order chi connectivity index (χ0) is 14.8. The second-order valence-corrected chi connectivity index (χ2v) is 5.22. The van der Waals surface area contributed by atoms with Crippen molar-refractivity contribution < 1.29 is 19.1 Å². The maximum Gasteiger partial charge on any atom is 0.376 e. The highest BCUT2D eigenvalue weighted by Crippen LogP contribution is 2.31. The van der Waals surface area contributed by atoms with Gasteiger partial charge in [0.15, 0.2) is 10.8 Å². The van der Waals surface area contributed by atoms with Crippen LogP contribution < -0.4 is 0 Å². The third-order valence-corrected chi connectivity index (χ3v) is 3.79. The van der Waals surface area contributed by atoms with Crippen LogP contribution in [0.1, 0.15) is 5.76 Å². The van der Waals surface area contributed by atoms with E-state index < -0.39 is 11.8 Å². The van der Waals surface area contributed by atoms with Gasteiger partial charge in [-0.2, -0.15) is 0 Å². The van der Waals surface area contributed by atoms with Crippen molar-refractivity contribution in [3.8, 4) is 10.8 Å². The van der Waals surface area contributed by atoms with Gasteiger partial charge in [-0.1, -0.05) is 12.1 Å². The zero-order valence-corrected chi connectivity index (χ0v) is 11.5. The number of furan rings is 1. The van der Waals surface area contributed by atoms with Gasteiger partial charge in [0, 0.05) is 0 Å². The van der Waals surface area contributed by atoms with Gasteiger partial charge >= 0.3 is 5.97 Å². The van der Waals surface area contributed by atoms with Gasteiger partial charge in [0.25, 0.3) is 5.78 Å². The minimum atomic E-state index is -1.50. The Labute approximate surface area is 123 Å². The SMILES string of the molecule is O=C(O)C(=O)/C=C/c1ccc(-c2nc3ccccc3s2)o1. The molecule has 0 unspecified atom stereocenters. The Morgan fingerprint density at radius 1 is 1.19 bits per heavy atom. The molecule has 0 spiro atoms. The molecule has 0 atom stereocenters. The van der Waals surface area contributed by atoms with Gasteiger partial charge < -0.3 is 9.52 Å². The molecule has 5 nitrogen and oxygen atoms in total. The number of hydrogen-bond donors (Lipinski definition) is 1. The van der Waals surface area contributed by atoms with E-state index in [1.807, 2.05) is 24.3 Å². The molecule has 0 radical (unpaired) electrons. The van der Waals surface area contributed by atoms with E-state index in [0.717, 1.165) is 21.3 Å². The fraction of sp³-hybridized carbons (Fsp3) is 0. The Morgan fingerprint density at radius 3 is 2.76 bits per heavy atom. The molecule has 0 aliphatic carbocycles. The molecule has 21 heavy (non-hydrogen) atoms. The number of ketones is 1. The van der Waals surface area contributed by atoms with Crippen LogP contribution in [0.3, 0.4) is 0 Å². The molecule has 1 aromatic carbocycles. The lowest BCUT2D eigenvalue weighted by Gasteiger charge is -1.88. The first kappa shape index (κ1) is 13.3. The summed E-state index contributed by atoms with van der Waals surface area (Å²) in [6, 6.07) is 11.2. The number of carbonyl (C=O) groups excluding carboxylic acids is 1. The second-order valence-electron chi connectivity index (χ2n) is 4.19. The Bertz CT molecular complexity index is 826. The molecule has 3 rings (SSSR count). The average molecular weight is 299 g/mol. The standard InChI is InChI=1S/C15H9NO4S/c17-11(15(18)19)7-5-9-6-8-12(20-9)14-16-10-3-1-2-4-13(10)21-14/h1-8H,(H,18,19)/b7-5+. The Kier molecular flexibility index (Phi) is 3.37. The number of carboxylic acid groups (broad SMARTS) is 1. The van der Waals surface area contributed by atoms with Gasteiger partial charge in [-0.15, -0.1) is 11.3 Å². The third-order valence-electron chi connectivity index (χ3n) is 2.74. The van der Waals surface area contributed by atoms with Crippen molar-refractivity contribution in [1.29, 1.82) is 0 Å². The first-order valence-corrected chi connectivity index (χ1v) is 6.86. The van der Waals surface area contributed by atoms with Crippen LogP contribution in [-0.4, -0.2) is 21.8 Å². The number of aromatic nitrogens is 1. The summed E-state index contributed by atoms with van der Waals surface area (Å²) in [5.74, 6) is -1.50. The van der Waals surface area contributed by atoms with E-state index in [-0.39, 0.29) is 0 Å². The molecule has 104 valence electrons. The van der Waals surface area contributed by atoms with Crippen LogP contribution in [0.5, 0.6) is 0 Å². The molecule has 0 bridgehead atoms. The van der Waals surface area contributed by atoms with Crippen molar-refractivity contribution in [2.75, 3.05) is 0 Å². The van der Waals surface area contributed by atoms with Gasteiger partial charge in [0.05, 0.1) is 10.2 Å². The van der Waals surface area contributed by atoms with Crippen LogP contribution in [-0.2, 0) is 9.59 Å². The quantitative estimate of drug-likeness (QED) is 0.591. The lowest BCUT2D eigenvalue weighted by molar-refractivity contribution is -0.146. The number of nitrogens with zero attached hydrogens (tertiary/aromatic N) is 1. The summed E-state index contributed by atoms with van der Waals surface area (Å²) in [7, 11) is 0. The van der Waals surface area contributed by atoms with Crippen molar-refractivity contribution in [3.63, 3.8) is 0 Å². The Balaban J connectivity index is 1.87. The smallest absolute Gasteiger partial charge is 0.376 e. The fourth-order valence-corrected chi connectivity index (χ4v) is 2.69. The van der Waals surface area contributed by atoms with Gasteiger partial charge in [0.1, 0.15) is 5.76 Å². The number of fused-ring (bicyclic) bond motifs is 1. The first-order chi connectivity index (χ1) is 10.1. The van der Waals surface area contributed by atoms with Crippen LogP contribution in [0.25, 0.3) is 27.1 Å². The molecular formula is C15H9NO4S. The van der Waals surface area contributed by atoms with Crippen molar-refractivity contribution in [3.05, 3.63) is 48.2 Å². The van der Waals surface area contributed by atoms with Crippen LogP contribution in [0.4, 0.5) is 0 Å². The molecule has 0 saturated carbocycles. The normalized spacial score (nSPS) is 11.2. The topological polar surface area (TPSA) is 80.4 Å². The highest BCUT2D eigenvalue weighted by Gasteiger charge is 2.10. The third kappa shape index (κ3) is 2.75. The zero-order valence-electron chi connectivity index (χ0n) is 10.6. The maximum absolute atomic E-state index is 11.0. The van der Waals surface area contributed by atoms with E-state index in [0.29, 0.717) is 11.5 Å². The molecule has 0 fully saturated rings. The van der Waals surface area contributed by atoms with Crippen molar-refractivity contribution in [2.24, 2.45) is 0 Å². The minimum Gasteiger partial charge on any atom is -0.475 e. The summed E-state index contributed by atoms with van der Waals surface area (Å²) in [6.45, 7) is 0. The van der Waals surface area contributed by atoms with E-state index >= 15 is 0 Å². The fourth-order valence-electron chi connectivity index (χ4n) is 1.76. The highest BCUT2D eigenvalue weighted by molar-refractivity contribution is 7.21. The molecule has 2 aromatic heterocycles. The minimum absolute atomic E-state index is 0.402. The molecule has 0 saturated heterocycles. The largest absolute Gasteiger partial charge is 0.475 e. The maximum atomic E-state index is 11.0. The monoisotopic (exact) mass is 299 g/mol. The van der Waals surface area contributed by atoms with Crippen LogP contribution in [0, 0.1) is 0 Å². The predicted molar refractivity (Wildman–Crippen MR) is 79.0 cm³/mol. The van der Waals surface area contributed by atoms with Gasteiger partial charge in [-0.3, -0.25) is 4.79 Å². The van der Waals surface area contributed by atoms with E-state index in [1.165, 1.54) is 17.4 Å². The molecular weight excluding hydrogens is 290 g/mol. The number of carbonyl (C=O) groups is 2. The van der Waals surface area contributed by atoms with E-state index in [9.17, 15) is 9.59 Å². The molecule has 0 amide bonds. The molecule has 0 aliphatic heterocycles. The van der Waals surface area contributed by atoms with Crippen molar-refractivity contribution in [2.45, 2.75) is 0 Å². The molecule has 1 N–H and O–H groups in total. The van der Waals surface area contributed by atoms with Crippen molar-refractivity contribution in [1.82, 2.24) is 4.98 Å². The van der Waals surface area contributed by atoms with Crippen molar-refractivity contribution >= 4 is 39.4 Å². The summed E-state index contributed by atoms with van der Waals surface area (Å²) >= 11 is 1.50. The van der Waals surface area contributed by atoms with Gasteiger partial charge in [-0.05, 0) is 36.4 Å². The van der Waals surface area contributed by atoms with Crippen LogP contribution in [0.15, 0.2) is 46.9 Å². The number of rotatable bonds is 4. The van der Waals surface area contributed by atoms with Crippen LogP contribution >= 0.6 is 11.3 Å². The Morgan fingerprint density at radius 2 is 2.00 bits per heavy atom. The first-order valence-electron chi connectivity index (χ1n) is 6.04. The van der Waals surface area contributed by atoms with Gasteiger partial charge in [0.2, 0.25) is 0 Å². The van der Waals surface area contributed by atoms with Gasteiger partial charge in [-0.25, -0.2) is 9.78 Å². The number of benzene rings is 1. The number of carboxylic acids is 1. The number of thiazole rings is 1. The summed E-state index contributed by atoms with van der Waals surface area (Å²) in [4.78, 5) is 25.8. The predicted octanol–water partition coefficient (Wildman–Crippen LogP) is 3.22. The number of para-hydroxylation sites is 1. The second kappa shape index (κ2) is 5.34. The summed E-state index contributed by atoms with van der Waals surface area (Å²) in [5.41, 5.74) is 0.895. The number of hydrogen-bond acceptors (Lipinski definition) is 5. The highest BCUT2D eigenvalue weighted by atomic mass is 32.1. The number of aliphatic carboxylic acids is 1. The molecule has 6 heteroatoms. The summed E-state index contributed by atoms with van der Waals surface area (Å²) in [5, 5.41) is 9.22. The Hall–Kier alpha value is -2.73. The van der Waals surface area contributed by atoms with E-state index in [1.54, 1.807) is 12.1 Å². The molecule has 0 aliphatic rings. The lowest BCUT2D eigenvalue weighted by Crippen LogP contribution is -2.08. The molecule has 2 heterocycles. The van der Waals surface area contributed by atoms with E-state index in [4.69, 9.17) is 9.52 Å².